The average Bonchev–Trinajstić information content (AvgIpc) is 2.94. The molecule has 3 nitrogen and oxygen atoms in total. The van der Waals surface area contributed by atoms with Gasteiger partial charge in [-0.25, -0.2) is 0 Å². The summed E-state index contributed by atoms with van der Waals surface area (Å²) in [5.41, 5.74) is 2.27. The maximum atomic E-state index is 12.6. The van der Waals surface area contributed by atoms with Crippen LogP contribution in [-0.4, -0.2) is 19.5 Å². The molecule has 0 aliphatic carbocycles. The standard InChI is InChI=1S/C16H14O3/c1-18-14-8-3-2-6-12(14)15(17)13-7-4-5-11-9-10-19-16(11)13/h2-8H,9-10H2,1H3. The Balaban J connectivity index is 2.08. The highest BCUT2D eigenvalue weighted by Gasteiger charge is 2.22. The molecule has 2 aromatic rings. The second kappa shape index (κ2) is 4.76. The minimum Gasteiger partial charge on any atom is -0.496 e. The Hall–Kier alpha value is -2.29. The summed E-state index contributed by atoms with van der Waals surface area (Å²) in [5.74, 6) is 1.25. The van der Waals surface area contributed by atoms with Crippen LogP contribution in [0.1, 0.15) is 21.5 Å². The first-order chi connectivity index (χ1) is 9.31. The lowest BCUT2D eigenvalue weighted by atomic mass is 9.99. The molecule has 0 amide bonds. The molecule has 0 saturated carbocycles. The van der Waals surface area contributed by atoms with E-state index in [0.29, 0.717) is 23.5 Å². The molecule has 1 aliphatic heterocycles. The van der Waals surface area contributed by atoms with Crippen molar-refractivity contribution in [2.45, 2.75) is 6.42 Å². The zero-order valence-electron chi connectivity index (χ0n) is 10.7. The van der Waals surface area contributed by atoms with Crippen molar-refractivity contribution in [3.05, 3.63) is 59.2 Å². The molecule has 0 radical (unpaired) electrons. The van der Waals surface area contributed by atoms with E-state index in [1.54, 1.807) is 25.3 Å². The second-order valence-electron chi connectivity index (χ2n) is 4.42. The van der Waals surface area contributed by atoms with E-state index in [9.17, 15) is 4.79 Å². The molecule has 0 saturated heterocycles. The summed E-state index contributed by atoms with van der Waals surface area (Å²) < 4.78 is 10.8. The van der Waals surface area contributed by atoms with Gasteiger partial charge in [0.25, 0.3) is 0 Å². The highest BCUT2D eigenvalue weighted by molar-refractivity contribution is 6.12. The number of hydrogen-bond donors (Lipinski definition) is 0. The van der Waals surface area contributed by atoms with Gasteiger partial charge in [-0.3, -0.25) is 4.79 Å². The highest BCUT2D eigenvalue weighted by Crippen LogP contribution is 2.32. The maximum Gasteiger partial charge on any atom is 0.200 e. The molecule has 2 aromatic carbocycles. The average molecular weight is 254 g/mol. The first-order valence-electron chi connectivity index (χ1n) is 6.23. The fourth-order valence-electron chi connectivity index (χ4n) is 2.37. The van der Waals surface area contributed by atoms with Crippen LogP contribution in [-0.2, 0) is 6.42 Å². The molecule has 1 heterocycles. The number of methoxy groups -OCH3 is 1. The maximum absolute atomic E-state index is 12.6. The predicted octanol–water partition coefficient (Wildman–Crippen LogP) is 2.86. The number of carbonyl (C=O) groups is 1. The molecule has 3 rings (SSSR count). The number of benzene rings is 2. The topological polar surface area (TPSA) is 35.5 Å². The third-order valence-corrected chi connectivity index (χ3v) is 3.31. The van der Waals surface area contributed by atoms with Gasteiger partial charge in [-0.2, -0.15) is 0 Å². The lowest BCUT2D eigenvalue weighted by molar-refractivity contribution is 0.103. The van der Waals surface area contributed by atoms with Gasteiger partial charge in [-0.05, 0) is 23.8 Å². The molecule has 1 aliphatic rings. The van der Waals surface area contributed by atoms with Crippen molar-refractivity contribution < 1.29 is 14.3 Å². The molecule has 96 valence electrons. The van der Waals surface area contributed by atoms with E-state index in [1.807, 2.05) is 24.3 Å². The first-order valence-corrected chi connectivity index (χ1v) is 6.23. The smallest absolute Gasteiger partial charge is 0.200 e. The number of carbonyl (C=O) groups excluding carboxylic acids is 1. The van der Waals surface area contributed by atoms with E-state index in [2.05, 4.69) is 0 Å². The highest BCUT2D eigenvalue weighted by atomic mass is 16.5. The Bertz CT molecular complexity index is 632. The van der Waals surface area contributed by atoms with E-state index >= 15 is 0 Å². The van der Waals surface area contributed by atoms with Crippen LogP contribution in [0.5, 0.6) is 11.5 Å². The number of ether oxygens (including phenoxy) is 2. The van der Waals surface area contributed by atoms with Crippen LogP contribution in [0.15, 0.2) is 42.5 Å². The largest absolute Gasteiger partial charge is 0.496 e. The molecular formula is C16H14O3. The van der Waals surface area contributed by atoms with Crippen LogP contribution in [0.25, 0.3) is 0 Å². The fourth-order valence-corrected chi connectivity index (χ4v) is 2.37. The van der Waals surface area contributed by atoms with Crippen molar-refractivity contribution in [3.8, 4) is 11.5 Å². The van der Waals surface area contributed by atoms with Crippen molar-refractivity contribution >= 4 is 5.78 Å². The molecule has 0 bridgehead atoms. The van der Waals surface area contributed by atoms with Gasteiger partial charge in [0.15, 0.2) is 5.78 Å². The molecule has 0 spiro atoms. The zero-order chi connectivity index (χ0) is 13.2. The Morgan fingerprint density at radius 2 is 1.89 bits per heavy atom. The number of ketones is 1. The van der Waals surface area contributed by atoms with Crippen molar-refractivity contribution in [3.63, 3.8) is 0 Å². The van der Waals surface area contributed by atoms with Gasteiger partial charge >= 0.3 is 0 Å². The second-order valence-corrected chi connectivity index (χ2v) is 4.42. The van der Waals surface area contributed by atoms with Gasteiger partial charge < -0.3 is 9.47 Å². The van der Waals surface area contributed by atoms with Crippen LogP contribution in [0.4, 0.5) is 0 Å². The molecule has 0 unspecified atom stereocenters. The van der Waals surface area contributed by atoms with E-state index in [4.69, 9.17) is 9.47 Å². The Labute approximate surface area is 111 Å². The lowest BCUT2D eigenvalue weighted by Gasteiger charge is -2.10. The van der Waals surface area contributed by atoms with Crippen LogP contribution in [0.3, 0.4) is 0 Å². The summed E-state index contributed by atoms with van der Waals surface area (Å²) in [6.45, 7) is 0.644. The molecular weight excluding hydrogens is 240 g/mol. The van der Waals surface area contributed by atoms with Crippen molar-refractivity contribution in [1.29, 1.82) is 0 Å². The number of rotatable bonds is 3. The normalized spacial score (nSPS) is 12.7. The van der Waals surface area contributed by atoms with E-state index in [0.717, 1.165) is 17.7 Å². The number of hydrogen-bond acceptors (Lipinski definition) is 3. The summed E-state index contributed by atoms with van der Waals surface area (Å²) >= 11 is 0. The SMILES string of the molecule is COc1ccccc1C(=O)c1cccc2c1OCC2. The van der Waals surface area contributed by atoms with Gasteiger partial charge in [-0.1, -0.05) is 24.3 Å². The van der Waals surface area contributed by atoms with E-state index in [1.165, 1.54) is 0 Å². The van der Waals surface area contributed by atoms with Gasteiger partial charge in [0, 0.05) is 6.42 Å². The van der Waals surface area contributed by atoms with Gasteiger partial charge in [0.2, 0.25) is 0 Å². The van der Waals surface area contributed by atoms with Crippen molar-refractivity contribution in [1.82, 2.24) is 0 Å². The first kappa shape index (κ1) is 11.8. The molecule has 0 aromatic heterocycles. The number of para-hydroxylation sites is 2. The minimum atomic E-state index is -0.0591. The fraction of sp³-hybridized carbons (Fsp3) is 0.188. The van der Waals surface area contributed by atoms with Crippen LogP contribution < -0.4 is 9.47 Å². The van der Waals surface area contributed by atoms with Gasteiger partial charge in [-0.15, -0.1) is 0 Å². The molecule has 0 fully saturated rings. The molecule has 19 heavy (non-hydrogen) atoms. The molecule has 3 heteroatoms. The van der Waals surface area contributed by atoms with Crippen LogP contribution >= 0.6 is 0 Å². The predicted molar refractivity (Wildman–Crippen MR) is 72.1 cm³/mol. The Morgan fingerprint density at radius 1 is 1.11 bits per heavy atom. The van der Waals surface area contributed by atoms with Gasteiger partial charge in [0.1, 0.15) is 11.5 Å². The summed E-state index contributed by atoms with van der Waals surface area (Å²) in [5, 5.41) is 0. The van der Waals surface area contributed by atoms with E-state index in [-0.39, 0.29) is 5.78 Å². The monoisotopic (exact) mass is 254 g/mol. The Kier molecular flexibility index (Phi) is 2.95. The molecule has 0 N–H and O–H groups in total. The van der Waals surface area contributed by atoms with Crippen molar-refractivity contribution in [2.75, 3.05) is 13.7 Å². The Morgan fingerprint density at radius 3 is 2.74 bits per heavy atom. The van der Waals surface area contributed by atoms with E-state index < -0.39 is 0 Å². The third kappa shape index (κ3) is 1.97. The van der Waals surface area contributed by atoms with Crippen LogP contribution in [0, 0.1) is 0 Å². The molecule has 0 atom stereocenters. The summed E-state index contributed by atoms with van der Waals surface area (Å²) in [4.78, 5) is 12.6. The lowest BCUT2D eigenvalue weighted by Crippen LogP contribution is -2.05. The zero-order valence-corrected chi connectivity index (χ0v) is 10.7. The minimum absolute atomic E-state index is 0.0591. The van der Waals surface area contributed by atoms with Crippen LogP contribution in [0.2, 0.25) is 0 Å². The van der Waals surface area contributed by atoms with Crippen molar-refractivity contribution in [2.24, 2.45) is 0 Å². The quantitative estimate of drug-likeness (QED) is 0.790. The third-order valence-electron chi connectivity index (χ3n) is 3.31. The van der Waals surface area contributed by atoms with Gasteiger partial charge in [0.05, 0.1) is 24.8 Å². The summed E-state index contributed by atoms with van der Waals surface area (Å²) in [6.07, 6.45) is 0.863. The number of fused-ring (bicyclic) bond motifs is 1. The summed E-state index contributed by atoms with van der Waals surface area (Å²) in [6, 6.07) is 12.9. The summed E-state index contributed by atoms with van der Waals surface area (Å²) in [7, 11) is 1.57.